The minimum absolute atomic E-state index is 0.623. The van der Waals surface area contributed by atoms with Crippen LogP contribution < -0.4 is 4.90 Å². The first kappa shape index (κ1) is 31.2. The molecule has 0 radical (unpaired) electrons. The summed E-state index contributed by atoms with van der Waals surface area (Å²) in [5.74, 6) is 0. The first-order valence-electron chi connectivity index (χ1n) is 19.4. The van der Waals surface area contributed by atoms with Gasteiger partial charge in [-0.15, -0.1) is 0 Å². The van der Waals surface area contributed by atoms with Gasteiger partial charge in [-0.2, -0.15) is 0 Å². The molecular formula is C52H31N3OS. The third-order valence-corrected chi connectivity index (χ3v) is 14.1. The largest absolute Gasteiger partial charge is 0.309 e. The SMILES string of the molecule is O=S1c2ccccc2N(c2ccc(-c3cccc4cccnc34)cc2)c2ccc3c(c21)-c1ccccc1C31c2ccccc2-n2c3ccccc3c3cccc1c32. The average Bonchev–Trinajstić information content (AvgIpc) is 3.77. The Bertz CT molecular complexity index is 3390. The molecule has 4 nitrogen and oxygen atoms in total. The molecule has 0 saturated heterocycles. The van der Waals surface area contributed by atoms with Crippen LogP contribution in [0, 0.1) is 0 Å². The summed E-state index contributed by atoms with van der Waals surface area (Å²) in [4.78, 5) is 8.70. The van der Waals surface area contributed by atoms with Crippen molar-refractivity contribution in [1.29, 1.82) is 0 Å². The van der Waals surface area contributed by atoms with Gasteiger partial charge in [0.1, 0.15) is 0 Å². The lowest BCUT2D eigenvalue weighted by atomic mass is 9.65. The van der Waals surface area contributed by atoms with Crippen LogP contribution in [-0.4, -0.2) is 13.8 Å². The average molecular weight is 746 g/mol. The Kier molecular flexibility index (Phi) is 6.15. The van der Waals surface area contributed by atoms with E-state index in [4.69, 9.17) is 4.98 Å². The lowest BCUT2D eigenvalue weighted by Gasteiger charge is -2.40. The van der Waals surface area contributed by atoms with Crippen molar-refractivity contribution >= 4 is 60.6 Å². The van der Waals surface area contributed by atoms with Gasteiger partial charge in [0.05, 0.1) is 59.6 Å². The second-order valence-electron chi connectivity index (χ2n) is 15.2. The minimum Gasteiger partial charge on any atom is -0.309 e. The van der Waals surface area contributed by atoms with E-state index in [1.165, 1.54) is 49.7 Å². The number of hydrogen-bond donors (Lipinski definition) is 0. The molecule has 2 atom stereocenters. The summed E-state index contributed by atoms with van der Waals surface area (Å²) in [7, 11) is -1.45. The van der Waals surface area contributed by atoms with E-state index < -0.39 is 16.2 Å². The van der Waals surface area contributed by atoms with Crippen LogP contribution in [0.25, 0.3) is 60.6 Å². The van der Waals surface area contributed by atoms with E-state index >= 15 is 4.21 Å². The molecule has 0 N–H and O–H groups in total. The van der Waals surface area contributed by atoms with Crippen LogP contribution in [0.1, 0.15) is 22.3 Å². The molecule has 57 heavy (non-hydrogen) atoms. The van der Waals surface area contributed by atoms with Gasteiger partial charge in [-0.1, -0.05) is 133 Å². The molecule has 5 heteroatoms. The van der Waals surface area contributed by atoms with Crippen LogP contribution in [0.15, 0.2) is 198 Å². The number of anilines is 3. The summed E-state index contributed by atoms with van der Waals surface area (Å²) in [6.07, 6.45) is 1.86. The maximum Gasteiger partial charge on any atom is 0.0898 e. The first-order valence-corrected chi connectivity index (χ1v) is 20.5. The molecule has 3 aliphatic rings. The van der Waals surface area contributed by atoms with Crippen LogP contribution in [0.3, 0.4) is 0 Å². The number of benzene rings is 8. The summed E-state index contributed by atoms with van der Waals surface area (Å²) in [5, 5.41) is 3.60. The predicted molar refractivity (Wildman–Crippen MR) is 232 cm³/mol. The highest BCUT2D eigenvalue weighted by atomic mass is 32.2. The zero-order valence-electron chi connectivity index (χ0n) is 30.6. The van der Waals surface area contributed by atoms with Crippen molar-refractivity contribution in [1.82, 2.24) is 9.55 Å². The molecule has 13 rings (SSSR count). The standard InChI is InChI=1S/C52H31N3OS/c56-57-47-24-8-7-23-45(47)54(34-27-25-32(26-28-34)35-16-9-12-33-13-11-31-53-49(33)35)46-30-29-41-48(51(46)57)38-15-1-3-18-39(38)52(41)40-19-4-6-22-44(40)55-43-21-5-2-14-36(43)37-17-10-20-42(52)50(37)55/h1-31H. The van der Waals surface area contributed by atoms with Gasteiger partial charge in [0.25, 0.3) is 0 Å². The summed E-state index contributed by atoms with van der Waals surface area (Å²) in [5.41, 5.74) is 16.1. The zero-order chi connectivity index (χ0) is 37.4. The smallest absolute Gasteiger partial charge is 0.0898 e. The third kappa shape index (κ3) is 3.87. The fourth-order valence-electron chi connectivity index (χ4n) is 10.4. The van der Waals surface area contributed by atoms with Crippen molar-refractivity contribution < 1.29 is 4.21 Å². The molecule has 0 saturated carbocycles. The molecule has 1 spiro atoms. The second kappa shape index (κ2) is 11.3. The molecule has 10 aromatic rings. The monoisotopic (exact) mass is 745 g/mol. The van der Waals surface area contributed by atoms with E-state index in [0.717, 1.165) is 60.0 Å². The number of para-hydroxylation sites is 5. The summed E-state index contributed by atoms with van der Waals surface area (Å²) >= 11 is 0. The Labute approximate surface area is 331 Å². The van der Waals surface area contributed by atoms with Crippen LogP contribution in [0.2, 0.25) is 0 Å². The summed E-state index contributed by atoms with van der Waals surface area (Å²) in [6.45, 7) is 0. The Morgan fingerprint density at radius 1 is 0.509 bits per heavy atom. The van der Waals surface area contributed by atoms with E-state index in [-0.39, 0.29) is 0 Å². The fraction of sp³-hybridized carbons (Fsp3) is 0.0192. The van der Waals surface area contributed by atoms with Crippen LogP contribution >= 0.6 is 0 Å². The third-order valence-electron chi connectivity index (χ3n) is 12.6. The van der Waals surface area contributed by atoms with Crippen molar-refractivity contribution in [2.24, 2.45) is 0 Å². The van der Waals surface area contributed by atoms with E-state index in [1.54, 1.807) is 0 Å². The van der Waals surface area contributed by atoms with Crippen molar-refractivity contribution in [2.75, 3.05) is 4.90 Å². The van der Waals surface area contributed by atoms with Crippen LogP contribution in [-0.2, 0) is 16.2 Å². The van der Waals surface area contributed by atoms with Gasteiger partial charge < -0.3 is 9.47 Å². The molecule has 0 bridgehead atoms. The van der Waals surface area contributed by atoms with E-state index in [0.29, 0.717) is 0 Å². The molecule has 4 heterocycles. The molecule has 2 aliphatic heterocycles. The number of hydrogen-bond acceptors (Lipinski definition) is 3. The van der Waals surface area contributed by atoms with Crippen LogP contribution in [0.5, 0.6) is 0 Å². The van der Waals surface area contributed by atoms with Gasteiger partial charge in [-0.05, 0) is 81.9 Å². The fourth-order valence-corrected chi connectivity index (χ4v) is 11.9. The van der Waals surface area contributed by atoms with Gasteiger partial charge >= 0.3 is 0 Å². The minimum atomic E-state index is -1.45. The Morgan fingerprint density at radius 2 is 1.21 bits per heavy atom. The van der Waals surface area contributed by atoms with Gasteiger partial charge in [0.15, 0.2) is 0 Å². The molecule has 8 aromatic carbocycles. The van der Waals surface area contributed by atoms with Gasteiger partial charge in [-0.25, -0.2) is 4.21 Å². The van der Waals surface area contributed by atoms with Gasteiger partial charge in [0, 0.05) is 39.2 Å². The van der Waals surface area contributed by atoms with Crippen molar-refractivity contribution in [2.45, 2.75) is 15.2 Å². The van der Waals surface area contributed by atoms with Crippen molar-refractivity contribution in [3.63, 3.8) is 0 Å². The highest BCUT2D eigenvalue weighted by molar-refractivity contribution is 7.85. The topological polar surface area (TPSA) is 38.1 Å². The maximum atomic E-state index is 15.3. The zero-order valence-corrected chi connectivity index (χ0v) is 31.4. The second-order valence-corrected chi connectivity index (χ2v) is 16.6. The van der Waals surface area contributed by atoms with Crippen molar-refractivity contribution in [3.05, 3.63) is 210 Å². The number of nitrogens with zero attached hydrogens (tertiary/aromatic N) is 3. The molecule has 0 amide bonds. The molecule has 1 aliphatic carbocycles. The highest BCUT2D eigenvalue weighted by Gasteiger charge is 2.52. The lowest BCUT2D eigenvalue weighted by Crippen LogP contribution is -2.33. The Morgan fingerprint density at radius 3 is 2.12 bits per heavy atom. The highest BCUT2D eigenvalue weighted by Crippen LogP contribution is 2.64. The van der Waals surface area contributed by atoms with E-state index in [9.17, 15) is 0 Å². The molecule has 2 aromatic heterocycles. The summed E-state index contributed by atoms with van der Waals surface area (Å²) < 4.78 is 17.8. The maximum absolute atomic E-state index is 15.3. The number of aromatic nitrogens is 2. The number of rotatable bonds is 2. The Hall–Kier alpha value is -7.08. The van der Waals surface area contributed by atoms with E-state index in [2.05, 4.69) is 167 Å². The number of pyridine rings is 1. The quantitative estimate of drug-likeness (QED) is 0.177. The van der Waals surface area contributed by atoms with Crippen LogP contribution in [0.4, 0.5) is 17.1 Å². The normalized spacial score (nSPS) is 17.1. The molecule has 266 valence electrons. The van der Waals surface area contributed by atoms with Gasteiger partial charge in [-0.3, -0.25) is 4.98 Å². The molecular weight excluding hydrogens is 715 g/mol. The number of fused-ring (bicyclic) bond motifs is 16. The molecule has 0 fully saturated rings. The van der Waals surface area contributed by atoms with E-state index in [1.807, 2.05) is 30.5 Å². The van der Waals surface area contributed by atoms with Crippen molar-refractivity contribution in [3.8, 4) is 27.9 Å². The first-order chi connectivity index (χ1) is 28.2. The summed E-state index contributed by atoms with van der Waals surface area (Å²) in [6, 6.07) is 65.2. The van der Waals surface area contributed by atoms with Gasteiger partial charge in [0.2, 0.25) is 0 Å². The predicted octanol–water partition coefficient (Wildman–Crippen LogP) is 12.6. The Balaban J connectivity index is 1.09. The lowest BCUT2D eigenvalue weighted by molar-refractivity contribution is 0.682. The molecule has 2 unspecified atom stereocenters.